The quantitative estimate of drug-likeness (QED) is 0.601. The van der Waals surface area contributed by atoms with Gasteiger partial charge in [-0.2, -0.15) is 4.39 Å². The first kappa shape index (κ1) is 18.5. The smallest absolute Gasteiger partial charge is 0.216 e. The Kier molecular flexibility index (Phi) is 4.29. The summed E-state index contributed by atoms with van der Waals surface area (Å²) in [6, 6.07) is 5.26. The second-order valence-corrected chi connectivity index (χ2v) is 8.39. The molecule has 3 aliphatic heterocycles. The van der Waals surface area contributed by atoms with Gasteiger partial charge in [-0.1, -0.05) is 0 Å². The number of nitrogens with zero attached hydrogens (tertiary/aromatic N) is 7. The largest absolute Gasteiger partial charge is 0.365 e. The Hall–Kier alpha value is -3.23. The number of fused-ring (bicyclic) bond motifs is 4. The number of piperidine rings is 1. The van der Waals surface area contributed by atoms with E-state index in [-0.39, 0.29) is 12.1 Å². The molecule has 0 aliphatic carbocycles. The van der Waals surface area contributed by atoms with Crippen molar-refractivity contribution in [1.29, 1.82) is 0 Å². The number of pyridine rings is 1. The van der Waals surface area contributed by atoms with Gasteiger partial charge in [-0.25, -0.2) is 29.3 Å². The highest BCUT2D eigenvalue weighted by Crippen LogP contribution is 2.44. The molecule has 0 radical (unpaired) electrons. The maximum Gasteiger partial charge on any atom is 0.216 e. The zero-order valence-electron chi connectivity index (χ0n) is 16.8. The van der Waals surface area contributed by atoms with Gasteiger partial charge in [0.2, 0.25) is 5.95 Å². The van der Waals surface area contributed by atoms with E-state index >= 15 is 0 Å². The molecule has 2 fully saturated rings. The zero-order valence-corrected chi connectivity index (χ0v) is 16.8. The molecular weight excluding hydrogens is 400 g/mol. The van der Waals surface area contributed by atoms with Crippen LogP contribution in [-0.2, 0) is 6.42 Å². The van der Waals surface area contributed by atoms with Gasteiger partial charge in [0.15, 0.2) is 11.6 Å². The highest BCUT2D eigenvalue weighted by atomic mass is 19.1. The third-order valence-corrected chi connectivity index (χ3v) is 6.43. The first-order chi connectivity index (χ1) is 15.2. The summed E-state index contributed by atoms with van der Waals surface area (Å²) in [5.41, 5.74) is 2.74. The maximum absolute atomic E-state index is 14.4. The van der Waals surface area contributed by atoms with E-state index in [1.807, 2.05) is 17.2 Å². The molecule has 158 valence electrons. The average molecular weight is 421 g/mol. The molecule has 3 aliphatic rings. The van der Waals surface area contributed by atoms with Crippen LogP contribution in [0.25, 0.3) is 11.6 Å². The van der Waals surface area contributed by atoms with Crippen molar-refractivity contribution in [1.82, 2.24) is 24.9 Å². The SMILES string of the molecule is Fc1cc(N2CC(F)C2)cc(N2[C@@H]3CCC[C@H]2c2cnc(-c4ncccn4)nc2C3)n1. The topological polar surface area (TPSA) is 70.9 Å². The van der Waals surface area contributed by atoms with E-state index in [1.165, 1.54) is 6.07 Å². The summed E-state index contributed by atoms with van der Waals surface area (Å²) in [6.45, 7) is 0.605. The van der Waals surface area contributed by atoms with Crippen molar-refractivity contribution in [3.63, 3.8) is 0 Å². The molecule has 0 saturated carbocycles. The Morgan fingerprint density at radius 2 is 1.81 bits per heavy atom. The standard InChI is InChI=1S/C22H21F2N7/c23-13-11-30(12-13)15-8-19(24)29-20(9-15)31-14-3-1-4-18(31)16-10-27-22(28-17(16)7-14)21-25-5-2-6-26-21/h2,5-6,8-10,13-14,18H,1,3-4,7,11-12H2/t14-,18+/m1/s1. The minimum absolute atomic E-state index is 0.0423. The molecule has 0 N–H and O–H groups in total. The molecule has 3 aromatic heterocycles. The van der Waals surface area contributed by atoms with Crippen LogP contribution >= 0.6 is 0 Å². The van der Waals surface area contributed by atoms with E-state index in [4.69, 9.17) is 4.98 Å². The van der Waals surface area contributed by atoms with Gasteiger partial charge in [0.1, 0.15) is 12.0 Å². The molecule has 0 aromatic carbocycles. The fourth-order valence-corrected chi connectivity index (χ4v) is 4.97. The fourth-order valence-electron chi connectivity index (χ4n) is 4.97. The Bertz CT molecular complexity index is 1120. The number of alkyl halides is 1. The van der Waals surface area contributed by atoms with Crippen LogP contribution in [0.5, 0.6) is 0 Å². The highest BCUT2D eigenvalue weighted by molar-refractivity contribution is 5.59. The van der Waals surface area contributed by atoms with E-state index in [0.29, 0.717) is 36.2 Å². The van der Waals surface area contributed by atoms with Crippen LogP contribution in [0.1, 0.15) is 36.6 Å². The molecule has 2 atom stereocenters. The van der Waals surface area contributed by atoms with Crippen LogP contribution in [-0.4, -0.2) is 50.2 Å². The highest BCUT2D eigenvalue weighted by Gasteiger charge is 2.40. The second kappa shape index (κ2) is 7.18. The van der Waals surface area contributed by atoms with Crippen molar-refractivity contribution in [3.05, 3.63) is 54.0 Å². The van der Waals surface area contributed by atoms with Gasteiger partial charge in [0, 0.05) is 54.4 Å². The van der Waals surface area contributed by atoms with Gasteiger partial charge in [0.05, 0.1) is 24.8 Å². The lowest BCUT2D eigenvalue weighted by molar-refractivity contribution is 0.274. The molecule has 2 saturated heterocycles. The molecule has 3 aromatic rings. The fraction of sp³-hybridized carbons (Fsp3) is 0.409. The van der Waals surface area contributed by atoms with Crippen molar-refractivity contribution in [2.24, 2.45) is 0 Å². The van der Waals surface area contributed by atoms with Crippen LogP contribution in [0.3, 0.4) is 0 Å². The van der Waals surface area contributed by atoms with Crippen molar-refractivity contribution in [2.45, 2.75) is 43.9 Å². The van der Waals surface area contributed by atoms with Gasteiger partial charge in [-0.05, 0) is 25.3 Å². The molecule has 2 bridgehead atoms. The summed E-state index contributed by atoms with van der Waals surface area (Å²) >= 11 is 0. The first-order valence-corrected chi connectivity index (χ1v) is 10.6. The van der Waals surface area contributed by atoms with Crippen molar-refractivity contribution < 1.29 is 8.78 Å². The van der Waals surface area contributed by atoms with Gasteiger partial charge in [0.25, 0.3) is 0 Å². The first-order valence-electron chi connectivity index (χ1n) is 10.6. The molecule has 6 rings (SSSR count). The second-order valence-electron chi connectivity index (χ2n) is 8.39. The summed E-state index contributed by atoms with van der Waals surface area (Å²) in [6.07, 6.45) is 8.11. The predicted octanol–water partition coefficient (Wildman–Crippen LogP) is 3.28. The van der Waals surface area contributed by atoms with Gasteiger partial charge in [-0.3, -0.25) is 0 Å². The van der Waals surface area contributed by atoms with Gasteiger partial charge < -0.3 is 9.80 Å². The summed E-state index contributed by atoms with van der Waals surface area (Å²) < 4.78 is 27.7. The van der Waals surface area contributed by atoms with Crippen LogP contribution < -0.4 is 9.80 Å². The Morgan fingerprint density at radius 3 is 2.61 bits per heavy atom. The number of hydrogen-bond donors (Lipinski definition) is 0. The monoisotopic (exact) mass is 421 g/mol. The van der Waals surface area contributed by atoms with Crippen LogP contribution in [0.4, 0.5) is 20.3 Å². The van der Waals surface area contributed by atoms with Crippen molar-refractivity contribution in [2.75, 3.05) is 22.9 Å². The Labute approximate surface area is 178 Å². The summed E-state index contributed by atoms with van der Waals surface area (Å²) in [5, 5.41) is 0. The molecule has 0 amide bonds. The van der Waals surface area contributed by atoms with Gasteiger partial charge >= 0.3 is 0 Å². The van der Waals surface area contributed by atoms with Crippen LogP contribution in [0.2, 0.25) is 0 Å². The number of anilines is 2. The minimum atomic E-state index is -0.846. The lowest BCUT2D eigenvalue weighted by Gasteiger charge is -2.47. The van der Waals surface area contributed by atoms with E-state index in [2.05, 4.69) is 24.8 Å². The van der Waals surface area contributed by atoms with E-state index in [0.717, 1.165) is 36.9 Å². The third-order valence-electron chi connectivity index (χ3n) is 6.43. The molecule has 7 nitrogen and oxygen atoms in total. The van der Waals surface area contributed by atoms with Gasteiger partial charge in [-0.15, -0.1) is 0 Å². The van der Waals surface area contributed by atoms with Crippen molar-refractivity contribution >= 4 is 11.5 Å². The molecule has 9 heteroatoms. The maximum atomic E-state index is 14.4. The summed E-state index contributed by atoms with van der Waals surface area (Å²) in [4.78, 5) is 26.1. The average Bonchev–Trinajstić information content (AvgIpc) is 2.76. The number of rotatable bonds is 3. The molecule has 6 heterocycles. The lowest BCUT2D eigenvalue weighted by atomic mass is 9.82. The van der Waals surface area contributed by atoms with E-state index < -0.39 is 12.1 Å². The molecule has 31 heavy (non-hydrogen) atoms. The number of halogens is 2. The number of aromatic nitrogens is 5. The van der Waals surface area contributed by atoms with Crippen molar-refractivity contribution in [3.8, 4) is 11.6 Å². The van der Waals surface area contributed by atoms with E-state index in [9.17, 15) is 8.78 Å². The van der Waals surface area contributed by atoms with E-state index in [1.54, 1.807) is 18.5 Å². The predicted molar refractivity (Wildman–Crippen MR) is 111 cm³/mol. The third kappa shape index (κ3) is 3.19. The summed E-state index contributed by atoms with van der Waals surface area (Å²) in [7, 11) is 0. The lowest BCUT2D eigenvalue weighted by Crippen LogP contribution is -2.49. The molecule has 0 spiro atoms. The summed E-state index contributed by atoms with van der Waals surface area (Å²) in [5.74, 6) is 1.10. The number of hydrogen-bond acceptors (Lipinski definition) is 7. The zero-order chi connectivity index (χ0) is 20.9. The Morgan fingerprint density at radius 1 is 0.968 bits per heavy atom. The van der Waals surface area contributed by atoms with Crippen LogP contribution in [0, 0.1) is 5.95 Å². The molecular formula is C22H21F2N7. The van der Waals surface area contributed by atoms with Crippen LogP contribution in [0.15, 0.2) is 36.8 Å². The normalized spacial score (nSPS) is 22.8. The minimum Gasteiger partial charge on any atom is -0.365 e. The Balaban J connectivity index is 1.37. The molecule has 0 unspecified atom stereocenters.